The van der Waals surface area contributed by atoms with Crippen molar-refractivity contribution in [3.8, 4) is 11.5 Å². The number of amides is 2. The van der Waals surface area contributed by atoms with E-state index in [9.17, 15) is 9.59 Å². The molecule has 1 saturated heterocycles. The van der Waals surface area contributed by atoms with Gasteiger partial charge in [0, 0.05) is 25.1 Å². The van der Waals surface area contributed by atoms with Crippen LogP contribution in [0.3, 0.4) is 0 Å². The minimum atomic E-state index is -0.324. The Morgan fingerprint density at radius 3 is 2.81 bits per heavy atom. The molecule has 2 fully saturated rings. The Bertz CT molecular complexity index is 962. The number of anilines is 1. The maximum Gasteiger partial charge on any atom is 0.245 e. The summed E-state index contributed by atoms with van der Waals surface area (Å²) in [4.78, 5) is 30.6. The van der Waals surface area contributed by atoms with Crippen LogP contribution in [0.1, 0.15) is 43.6 Å². The van der Waals surface area contributed by atoms with E-state index in [1.807, 2.05) is 18.2 Å². The third kappa shape index (κ3) is 5.10. The molecule has 1 saturated carbocycles. The molecule has 0 radical (unpaired) electrons. The SMILES string of the molecule is COc1ccc(C2CC(=O)N(CC(=O)Nc3ncccc3Cl)C2)cc1OC1CCCC1. The summed E-state index contributed by atoms with van der Waals surface area (Å²) in [5.41, 5.74) is 1.01. The highest BCUT2D eigenvalue weighted by molar-refractivity contribution is 6.33. The highest BCUT2D eigenvalue weighted by Crippen LogP contribution is 2.37. The molecule has 1 aromatic heterocycles. The fourth-order valence-corrected chi connectivity index (χ4v) is 4.36. The number of hydrogen-bond acceptors (Lipinski definition) is 5. The van der Waals surface area contributed by atoms with Crippen molar-refractivity contribution in [1.82, 2.24) is 9.88 Å². The maximum atomic E-state index is 12.5. The Labute approximate surface area is 186 Å². The number of nitrogens with one attached hydrogen (secondary N) is 1. The molecule has 2 amide bonds. The zero-order valence-electron chi connectivity index (χ0n) is 17.5. The predicted octanol–water partition coefficient (Wildman–Crippen LogP) is 4.02. The molecule has 2 aromatic rings. The number of aromatic nitrogens is 1. The summed E-state index contributed by atoms with van der Waals surface area (Å²) in [7, 11) is 1.63. The third-order valence-corrected chi connectivity index (χ3v) is 6.13. The van der Waals surface area contributed by atoms with E-state index < -0.39 is 0 Å². The molecule has 1 N–H and O–H groups in total. The standard InChI is InChI=1S/C23H26ClN3O4/c1-30-19-9-8-15(11-20(19)31-17-5-2-3-6-17)16-12-22(29)27(13-16)14-21(28)26-23-18(24)7-4-10-25-23/h4,7-11,16-17H,2-3,5-6,12-14H2,1H3,(H,25,26,28). The van der Waals surface area contributed by atoms with Gasteiger partial charge in [-0.3, -0.25) is 9.59 Å². The Hall–Kier alpha value is -2.80. The lowest BCUT2D eigenvalue weighted by Crippen LogP contribution is -2.34. The normalized spacial score (nSPS) is 19.0. The van der Waals surface area contributed by atoms with Crippen LogP contribution in [-0.2, 0) is 9.59 Å². The molecular weight excluding hydrogens is 418 g/mol. The van der Waals surface area contributed by atoms with E-state index in [1.54, 1.807) is 30.3 Å². The Kier molecular flexibility index (Phi) is 6.61. The van der Waals surface area contributed by atoms with Crippen molar-refractivity contribution in [3.63, 3.8) is 0 Å². The molecule has 1 aliphatic heterocycles. The molecule has 31 heavy (non-hydrogen) atoms. The monoisotopic (exact) mass is 443 g/mol. The van der Waals surface area contributed by atoms with Crippen molar-refractivity contribution < 1.29 is 19.1 Å². The lowest BCUT2D eigenvalue weighted by atomic mass is 9.98. The number of likely N-dealkylation sites (tertiary alicyclic amines) is 1. The summed E-state index contributed by atoms with van der Waals surface area (Å²) in [6, 6.07) is 9.17. The van der Waals surface area contributed by atoms with Gasteiger partial charge < -0.3 is 19.7 Å². The van der Waals surface area contributed by atoms with Crippen LogP contribution >= 0.6 is 11.6 Å². The minimum absolute atomic E-state index is 0.00410. The molecular formula is C23H26ClN3O4. The zero-order chi connectivity index (χ0) is 21.8. The van der Waals surface area contributed by atoms with Crippen molar-refractivity contribution in [2.24, 2.45) is 0 Å². The number of carbonyl (C=O) groups is 2. The summed E-state index contributed by atoms with van der Waals surface area (Å²) in [6.45, 7) is 0.432. The number of carbonyl (C=O) groups excluding carboxylic acids is 2. The third-order valence-electron chi connectivity index (χ3n) is 5.82. The van der Waals surface area contributed by atoms with Crippen molar-refractivity contribution in [1.29, 1.82) is 0 Å². The highest BCUT2D eigenvalue weighted by atomic mass is 35.5. The van der Waals surface area contributed by atoms with E-state index in [1.165, 1.54) is 12.8 Å². The average Bonchev–Trinajstić information content (AvgIpc) is 3.40. The smallest absolute Gasteiger partial charge is 0.245 e. The van der Waals surface area contributed by atoms with Crippen molar-refractivity contribution in [2.45, 2.75) is 44.1 Å². The van der Waals surface area contributed by atoms with Crippen LogP contribution in [0.2, 0.25) is 5.02 Å². The van der Waals surface area contributed by atoms with Crippen LogP contribution in [0.25, 0.3) is 0 Å². The second-order valence-corrected chi connectivity index (χ2v) is 8.40. The van der Waals surface area contributed by atoms with E-state index in [4.69, 9.17) is 21.1 Å². The van der Waals surface area contributed by atoms with Crippen LogP contribution in [0.15, 0.2) is 36.5 Å². The number of methoxy groups -OCH3 is 1. The van der Waals surface area contributed by atoms with Crippen molar-refractivity contribution >= 4 is 29.2 Å². The number of nitrogens with zero attached hydrogens (tertiary/aromatic N) is 2. The van der Waals surface area contributed by atoms with Gasteiger partial charge in [0.2, 0.25) is 11.8 Å². The van der Waals surface area contributed by atoms with Gasteiger partial charge in [-0.25, -0.2) is 4.98 Å². The molecule has 1 aliphatic carbocycles. The molecule has 0 spiro atoms. The Balaban J connectivity index is 1.41. The Morgan fingerprint density at radius 2 is 2.06 bits per heavy atom. The first-order valence-corrected chi connectivity index (χ1v) is 10.9. The molecule has 2 heterocycles. The van der Waals surface area contributed by atoms with Gasteiger partial charge in [-0.2, -0.15) is 0 Å². The average molecular weight is 444 g/mol. The van der Waals surface area contributed by atoms with Gasteiger partial charge in [0.25, 0.3) is 0 Å². The molecule has 1 atom stereocenters. The van der Waals surface area contributed by atoms with Gasteiger partial charge in [0.15, 0.2) is 17.3 Å². The van der Waals surface area contributed by atoms with E-state index >= 15 is 0 Å². The Morgan fingerprint density at radius 1 is 1.26 bits per heavy atom. The maximum absolute atomic E-state index is 12.5. The minimum Gasteiger partial charge on any atom is -0.493 e. The molecule has 0 bridgehead atoms. The number of rotatable bonds is 7. The second-order valence-electron chi connectivity index (χ2n) is 7.99. The fraction of sp³-hybridized carbons (Fsp3) is 0.435. The molecule has 8 heteroatoms. The molecule has 1 unspecified atom stereocenters. The summed E-state index contributed by atoms with van der Waals surface area (Å²) in [5.74, 6) is 1.33. The molecule has 4 rings (SSSR count). The van der Waals surface area contributed by atoms with E-state index in [0.29, 0.717) is 29.6 Å². The highest BCUT2D eigenvalue weighted by Gasteiger charge is 2.32. The second kappa shape index (κ2) is 9.56. The summed E-state index contributed by atoms with van der Waals surface area (Å²) < 4.78 is 11.6. The summed E-state index contributed by atoms with van der Waals surface area (Å²) in [5, 5.41) is 3.02. The number of ether oxygens (including phenoxy) is 2. The van der Waals surface area contributed by atoms with E-state index in [0.717, 1.165) is 24.2 Å². The van der Waals surface area contributed by atoms with Crippen molar-refractivity contribution in [2.75, 3.05) is 25.5 Å². The number of benzene rings is 1. The van der Waals surface area contributed by atoms with Crippen LogP contribution in [-0.4, -0.2) is 48.0 Å². The quantitative estimate of drug-likeness (QED) is 0.699. The first kappa shape index (κ1) is 21.4. The first-order valence-electron chi connectivity index (χ1n) is 10.6. The van der Waals surface area contributed by atoms with Crippen LogP contribution in [0.5, 0.6) is 11.5 Å². The lowest BCUT2D eigenvalue weighted by Gasteiger charge is -2.19. The molecule has 2 aliphatic rings. The van der Waals surface area contributed by atoms with E-state index in [-0.39, 0.29) is 30.4 Å². The topological polar surface area (TPSA) is 80.8 Å². The number of halogens is 1. The van der Waals surface area contributed by atoms with E-state index in [2.05, 4.69) is 10.3 Å². The van der Waals surface area contributed by atoms with Gasteiger partial charge in [0.05, 0.1) is 24.8 Å². The zero-order valence-corrected chi connectivity index (χ0v) is 18.2. The largest absolute Gasteiger partial charge is 0.493 e. The van der Waals surface area contributed by atoms with Gasteiger partial charge in [-0.15, -0.1) is 0 Å². The van der Waals surface area contributed by atoms with Crippen LogP contribution in [0, 0.1) is 0 Å². The van der Waals surface area contributed by atoms with Crippen LogP contribution in [0.4, 0.5) is 5.82 Å². The van der Waals surface area contributed by atoms with Gasteiger partial charge in [-0.05, 0) is 55.5 Å². The molecule has 164 valence electrons. The summed E-state index contributed by atoms with van der Waals surface area (Å²) in [6.07, 6.45) is 6.60. The van der Waals surface area contributed by atoms with Gasteiger partial charge >= 0.3 is 0 Å². The lowest BCUT2D eigenvalue weighted by molar-refractivity contribution is -0.131. The molecule has 1 aromatic carbocycles. The molecule has 7 nitrogen and oxygen atoms in total. The summed E-state index contributed by atoms with van der Waals surface area (Å²) >= 11 is 6.04. The first-order chi connectivity index (χ1) is 15.0. The number of hydrogen-bond donors (Lipinski definition) is 1. The van der Waals surface area contributed by atoms with Gasteiger partial charge in [-0.1, -0.05) is 17.7 Å². The fourth-order valence-electron chi connectivity index (χ4n) is 4.20. The number of pyridine rings is 1. The van der Waals surface area contributed by atoms with Gasteiger partial charge in [0.1, 0.15) is 0 Å². The van der Waals surface area contributed by atoms with Crippen molar-refractivity contribution in [3.05, 3.63) is 47.1 Å². The van der Waals surface area contributed by atoms with Crippen LogP contribution < -0.4 is 14.8 Å². The predicted molar refractivity (Wildman–Crippen MR) is 118 cm³/mol.